The van der Waals surface area contributed by atoms with Gasteiger partial charge in [-0.15, -0.1) is 5.10 Å². The molecule has 0 saturated heterocycles. The van der Waals surface area contributed by atoms with Crippen molar-refractivity contribution in [3.63, 3.8) is 0 Å². The van der Waals surface area contributed by atoms with Gasteiger partial charge in [0, 0.05) is 13.0 Å². The Morgan fingerprint density at radius 1 is 1.32 bits per heavy atom. The summed E-state index contributed by atoms with van der Waals surface area (Å²) in [6, 6.07) is 0.447. The van der Waals surface area contributed by atoms with Gasteiger partial charge in [0.1, 0.15) is 0 Å². The van der Waals surface area contributed by atoms with Crippen LogP contribution in [0.4, 0.5) is 6.01 Å². The zero-order valence-corrected chi connectivity index (χ0v) is 11.3. The number of aromatic nitrogens is 4. The summed E-state index contributed by atoms with van der Waals surface area (Å²) < 4.78 is 10.5. The molecular weight excluding hydrogens is 248 g/mol. The van der Waals surface area contributed by atoms with Gasteiger partial charge in [-0.05, 0) is 20.4 Å². The molecule has 1 atom stereocenters. The van der Waals surface area contributed by atoms with Crippen molar-refractivity contribution < 1.29 is 8.94 Å². The first kappa shape index (κ1) is 13.5. The molecule has 8 heteroatoms. The Balaban J connectivity index is 1.80. The fourth-order valence-electron chi connectivity index (χ4n) is 1.59. The first-order valence-corrected chi connectivity index (χ1v) is 6.29. The van der Waals surface area contributed by atoms with Crippen molar-refractivity contribution in [2.45, 2.75) is 33.2 Å². The number of nitrogens with zero attached hydrogens (tertiary/aromatic N) is 4. The van der Waals surface area contributed by atoms with E-state index < -0.39 is 0 Å². The molecule has 2 aromatic heterocycles. The Kier molecular flexibility index (Phi) is 4.45. The van der Waals surface area contributed by atoms with E-state index >= 15 is 0 Å². The SMILES string of the molecule is CCNC(C)c1nnc(NCCc2nc(C)no2)o1. The van der Waals surface area contributed by atoms with Gasteiger partial charge in [0.15, 0.2) is 5.82 Å². The van der Waals surface area contributed by atoms with Crippen molar-refractivity contribution in [3.8, 4) is 0 Å². The lowest BCUT2D eigenvalue weighted by atomic mass is 10.3. The van der Waals surface area contributed by atoms with Crippen LogP contribution in [-0.4, -0.2) is 33.4 Å². The fraction of sp³-hybridized carbons (Fsp3) is 0.636. The van der Waals surface area contributed by atoms with Crippen LogP contribution in [0, 0.1) is 6.92 Å². The summed E-state index contributed by atoms with van der Waals surface area (Å²) in [4.78, 5) is 4.11. The molecule has 2 rings (SSSR count). The third-order valence-corrected chi connectivity index (χ3v) is 2.51. The Morgan fingerprint density at radius 3 is 2.84 bits per heavy atom. The molecule has 0 aliphatic rings. The number of hydrogen-bond acceptors (Lipinski definition) is 8. The van der Waals surface area contributed by atoms with E-state index in [0.717, 1.165) is 6.54 Å². The topological polar surface area (TPSA) is 102 Å². The first-order chi connectivity index (χ1) is 9.19. The highest BCUT2D eigenvalue weighted by molar-refractivity contribution is 5.17. The molecule has 2 aromatic rings. The van der Waals surface area contributed by atoms with E-state index in [2.05, 4.69) is 31.0 Å². The molecule has 0 spiro atoms. The number of rotatable bonds is 7. The Morgan fingerprint density at radius 2 is 2.16 bits per heavy atom. The van der Waals surface area contributed by atoms with Crippen molar-refractivity contribution in [1.82, 2.24) is 25.7 Å². The Bertz CT molecular complexity index is 509. The summed E-state index contributed by atoms with van der Waals surface area (Å²) in [6.45, 7) is 7.23. The third kappa shape index (κ3) is 3.75. The molecule has 0 radical (unpaired) electrons. The quantitative estimate of drug-likeness (QED) is 0.767. The van der Waals surface area contributed by atoms with Gasteiger partial charge in [-0.1, -0.05) is 17.2 Å². The van der Waals surface area contributed by atoms with E-state index in [1.807, 2.05) is 13.8 Å². The van der Waals surface area contributed by atoms with Crippen LogP contribution in [0.25, 0.3) is 0 Å². The zero-order valence-electron chi connectivity index (χ0n) is 11.3. The molecule has 0 aliphatic heterocycles. The van der Waals surface area contributed by atoms with E-state index in [-0.39, 0.29) is 6.04 Å². The van der Waals surface area contributed by atoms with Gasteiger partial charge in [0.2, 0.25) is 11.8 Å². The van der Waals surface area contributed by atoms with Gasteiger partial charge < -0.3 is 19.6 Å². The average Bonchev–Trinajstić information content (AvgIpc) is 2.99. The summed E-state index contributed by atoms with van der Waals surface area (Å²) in [5.74, 6) is 1.79. The molecular formula is C11H18N6O2. The summed E-state index contributed by atoms with van der Waals surface area (Å²) in [5, 5.41) is 17.8. The number of nitrogens with one attached hydrogen (secondary N) is 2. The van der Waals surface area contributed by atoms with Gasteiger partial charge in [-0.25, -0.2) is 0 Å². The molecule has 0 aromatic carbocycles. The van der Waals surface area contributed by atoms with Crippen molar-refractivity contribution in [1.29, 1.82) is 0 Å². The molecule has 0 amide bonds. The third-order valence-electron chi connectivity index (χ3n) is 2.51. The van der Waals surface area contributed by atoms with Crippen LogP contribution in [0.3, 0.4) is 0 Å². The van der Waals surface area contributed by atoms with Crippen molar-refractivity contribution in [2.24, 2.45) is 0 Å². The average molecular weight is 266 g/mol. The first-order valence-electron chi connectivity index (χ1n) is 6.29. The molecule has 0 fully saturated rings. The minimum atomic E-state index is 0.0478. The van der Waals surface area contributed by atoms with Crippen LogP contribution in [-0.2, 0) is 6.42 Å². The van der Waals surface area contributed by atoms with E-state index in [9.17, 15) is 0 Å². The van der Waals surface area contributed by atoms with Gasteiger partial charge in [-0.3, -0.25) is 0 Å². The zero-order chi connectivity index (χ0) is 13.7. The lowest BCUT2D eigenvalue weighted by molar-refractivity contribution is 0.376. The molecule has 1 unspecified atom stereocenters. The van der Waals surface area contributed by atoms with E-state index in [0.29, 0.717) is 36.6 Å². The van der Waals surface area contributed by atoms with Crippen molar-refractivity contribution in [2.75, 3.05) is 18.4 Å². The van der Waals surface area contributed by atoms with Crippen LogP contribution in [0.5, 0.6) is 0 Å². The maximum atomic E-state index is 5.48. The van der Waals surface area contributed by atoms with Gasteiger partial charge in [0.25, 0.3) is 0 Å². The highest BCUT2D eigenvalue weighted by Gasteiger charge is 2.12. The highest BCUT2D eigenvalue weighted by Crippen LogP contribution is 2.13. The molecule has 2 N–H and O–H groups in total. The van der Waals surface area contributed by atoms with Gasteiger partial charge in [0.05, 0.1) is 6.04 Å². The lowest BCUT2D eigenvalue weighted by Crippen LogP contribution is -2.17. The van der Waals surface area contributed by atoms with Crippen LogP contribution in [0.2, 0.25) is 0 Å². The largest absolute Gasteiger partial charge is 0.406 e. The smallest absolute Gasteiger partial charge is 0.315 e. The van der Waals surface area contributed by atoms with Crippen molar-refractivity contribution in [3.05, 3.63) is 17.6 Å². The summed E-state index contributed by atoms with van der Waals surface area (Å²) in [7, 11) is 0. The maximum Gasteiger partial charge on any atom is 0.315 e. The van der Waals surface area contributed by atoms with Gasteiger partial charge >= 0.3 is 6.01 Å². The standard InChI is InChI=1S/C11H18N6O2/c1-4-12-7(2)10-15-16-11(18-10)13-6-5-9-14-8(3)17-19-9/h7,12H,4-6H2,1-3H3,(H,13,16). The minimum Gasteiger partial charge on any atom is -0.406 e. The molecule has 104 valence electrons. The predicted octanol–water partition coefficient (Wildman–Crippen LogP) is 1.09. The molecule has 0 saturated carbocycles. The molecule has 0 aliphatic carbocycles. The van der Waals surface area contributed by atoms with Crippen molar-refractivity contribution >= 4 is 6.01 Å². The monoisotopic (exact) mass is 266 g/mol. The van der Waals surface area contributed by atoms with Crippen LogP contribution in [0.1, 0.15) is 37.5 Å². The summed E-state index contributed by atoms with van der Waals surface area (Å²) in [5.41, 5.74) is 0. The second-order valence-corrected chi connectivity index (χ2v) is 4.14. The molecule has 19 heavy (non-hydrogen) atoms. The number of hydrogen-bond donors (Lipinski definition) is 2. The second kappa shape index (κ2) is 6.28. The van der Waals surface area contributed by atoms with Gasteiger partial charge in [-0.2, -0.15) is 4.98 Å². The Hall–Kier alpha value is -1.96. The maximum absolute atomic E-state index is 5.48. The van der Waals surface area contributed by atoms with E-state index in [1.165, 1.54) is 0 Å². The predicted molar refractivity (Wildman–Crippen MR) is 67.6 cm³/mol. The molecule has 8 nitrogen and oxygen atoms in total. The molecule has 0 bridgehead atoms. The molecule has 2 heterocycles. The van der Waals surface area contributed by atoms with E-state index in [1.54, 1.807) is 6.92 Å². The Labute approximate surface area is 111 Å². The van der Waals surface area contributed by atoms with Crippen LogP contribution in [0.15, 0.2) is 8.94 Å². The summed E-state index contributed by atoms with van der Waals surface area (Å²) >= 11 is 0. The number of aryl methyl sites for hydroxylation is 1. The highest BCUT2D eigenvalue weighted by atomic mass is 16.5. The normalized spacial score (nSPS) is 12.6. The van der Waals surface area contributed by atoms with Crippen LogP contribution >= 0.6 is 0 Å². The van der Waals surface area contributed by atoms with Crippen LogP contribution < -0.4 is 10.6 Å². The minimum absolute atomic E-state index is 0.0478. The fourth-order valence-corrected chi connectivity index (χ4v) is 1.59. The summed E-state index contributed by atoms with van der Waals surface area (Å²) in [6.07, 6.45) is 0.612. The lowest BCUT2D eigenvalue weighted by Gasteiger charge is -2.05. The van der Waals surface area contributed by atoms with E-state index in [4.69, 9.17) is 8.94 Å². The number of anilines is 1. The second-order valence-electron chi connectivity index (χ2n) is 4.14.